The number of aliphatic hydroxyl groups is 1. The molecule has 0 amide bonds. The van der Waals surface area contributed by atoms with E-state index in [-0.39, 0.29) is 6.61 Å². The van der Waals surface area contributed by atoms with E-state index in [1.54, 1.807) is 0 Å². The third kappa shape index (κ3) is 0.747. The van der Waals surface area contributed by atoms with Gasteiger partial charge in [0.15, 0.2) is 0 Å². The summed E-state index contributed by atoms with van der Waals surface area (Å²) >= 11 is 0. The van der Waals surface area contributed by atoms with Gasteiger partial charge in [0.05, 0.1) is 12.8 Å². The summed E-state index contributed by atoms with van der Waals surface area (Å²) in [7, 11) is 0. The average molecular weight is 98.1 g/mol. The highest BCUT2D eigenvalue weighted by molar-refractivity contribution is 4.99. The maximum absolute atomic E-state index is 8.28. The van der Waals surface area contributed by atoms with E-state index in [4.69, 9.17) is 5.11 Å². The van der Waals surface area contributed by atoms with Gasteiger partial charge in [-0.1, -0.05) is 0 Å². The van der Waals surface area contributed by atoms with Crippen molar-refractivity contribution in [3.63, 3.8) is 0 Å². The Kier molecular flexibility index (Phi) is 1.04. The van der Waals surface area contributed by atoms with Crippen LogP contribution in [0.5, 0.6) is 0 Å². The molecule has 0 aliphatic carbocycles. The summed E-state index contributed by atoms with van der Waals surface area (Å²) in [6.07, 6.45) is 1.42. The van der Waals surface area contributed by atoms with Crippen LogP contribution < -0.4 is 5.43 Å². The highest BCUT2D eigenvalue weighted by Crippen LogP contribution is 1.99. The minimum Gasteiger partial charge on any atom is -0.390 e. The number of hydrogen-bond donors (Lipinski definition) is 1. The second-order valence-corrected chi connectivity index (χ2v) is 1.08. The number of aliphatic hydroxyl groups excluding tert-OH is 1. The monoisotopic (exact) mass is 98.0 g/mol. The quantitative estimate of drug-likeness (QED) is 0.485. The van der Waals surface area contributed by atoms with E-state index >= 15 is 0 Å². The zero-order valence-electron chi connectivity index (χ0n) is 3.57. The molecule has 0 aromatic heterocycles. The van der Waals surface area contributed by atoms with E-state index in [2.05, 4.69) is 15.8 Å². The van der Waals surface area contributed by atoms with Crippen molar-refractivity contribution in [2.75, 3.05) is 6.61 Å². The van der Waals surface area contributed by atoms with Gasteiger partial charge in [-0.15, -0.1) is 10.5 Å². The van der Waals surface area contributed by atoms with Gasteiger partial charge >= 0.3 is 0 Å². The first-order valence-corrected chi connectivity index (χ1v) is 1.84. The topological polar surface area (TPSA) is 59.0 Å². The lowest BCUT2D eigenvalue weighted by molar-refractivity contribution is 0.329. The van der Waals surface area contributed by atoms with E-state index in [0.717, 1.165) is 0 Å². The summed E-state index contributed by atoms with van der Waals surface area (Å²) in [4.78, 5) is 0. The van der Waals surface area contributed by atoms with Crippen LogP contribution in [0.4, 0.5) is 0 Å². The summed E-state index contributed by atoms with van der Waals surface area (Å²) in [6.45, 7) is -0.0764. The minimum absolute atomic E-state index is 0.0764. The molecule has 0 atom stereocenters. The van der Waals surface area contributed by atoms with Crippen molar-refractivity contribution >= 4 is 0 Å². The fourth-order valence-electron chi connectivity index (χ4n) is 0.274. The van der Waals surface area contributed by atoms with Crippen LogP contribution in [0.3, 0.4) is 0 Å². The van der Waals surface area contributed by atoms with Crippen LogP contribution in [0.25, 0.3) is 0 Å². The molecule has 7 heavy (non-hydrogen) atoms. The minimum atomic E-state index is -0.0764. The fraction of sp³-hybridized carbons (Fsp3) is 0.333. The summed E-state index contributed by atoms with van der Waals surface area (Å²) in [5.74, 6) is 0. The lowest BCUT2D eigenvalue weighted by Gasteiger charge is -1.78. The molecule has 0 spiro atoms. The maximum Gasteiger partial charge on any atom is 0.110 e. The fourth-order valence-corrected chi connectivity index (χ4v) is 0.274. The molecule has 0 unspecified atom stereocenters. The molecule has 1 rings (SSSR count). The average Bonchev–Trinajstić information content (AvgIpc) is 2.14. The Hall–Kier alpha value is -0.900. The molecule has 0 saturated heterocycles. The Morgan fingerprint density at radius 1 is 1.71 bits per heavy atom. The van der Waals surface area contributed by atoms with Gasteiger partial charge in [0.2, 0.25) is 0 Å². The predicted octanol–water partition coefficient (Wildman–Crippen LogP) is -0.195. The van der Waals surface area contributed by atoms with Crippen LogP contribution in [0, 0.1) is 0 Å². The summed E-state index contributed by atoms with van der Waals surface area (Å²) in [5, 5.41) is 14.9. The van der Waals surface area contributed by atoms with Crippen molar-refractivity contribution in [2.24, 2.45) is 10.3 Å². The molecular weight excluding hydrogens is 94.1 g/mol. The van der Waals surface area contributed by atoms with Crippen molar-refractivity contribution in [2.45, 2.75) is 0 Å². The van der Waals surface area contributed by atoms with Crippen LogP contribution in [0.1, 0.15) is 0 Å². The zero-order chi connectivity index (χ0) is 5.11. The normalized spacial score (nSPS) is 16.4. The van der Waals surface area contributed by atoms with Crippen molar-refractivity contribution < 1.29 is 5.11 Å². The second kappa shape index (κ2) is 1.70. The smallest absolute Gasteiger partial charge is 0.110 e. The van der Waals surface area contributed by atoms with Crippen LogP contribution in [0.2, 0.25) is 0 Å². The standard InChI is InChI=1S/C3H4N3O/c7-2-3-1-4-6-5-3/h1,7H,2H2. The lowest BCUT2D eigenvalue weighted by atomic mass is 10.5. The number of hydrogen-bond acceptors (Lipinski definition) is 3. The number of nitrogens with zero attached hydrogens (tertiary/aromatic N) is 3. The molecule has 1 aliphatic heterocycles. The Bertz CT molecular complexity index is 117. The van der Waals surface area contributed by atoms with Gasteiger partial charge in [-0.25, -0.2) is 0 Å². The molecule has 4 nitrogen and oxygen atoms in total. The molecule has 0 aromatic rings. The van der Waals surface area contributed by atoms with Gasteiger partial charge in [-0.05, 0) is 5.22 Å². The van der Waals surface area contributed by atoms with Gasteiger partial charge in [-0.3, -0.25) is 0 Å². The molecule has 0 bridgehead atoms. The lowest BCUT2D eigenvalue weighted by Crippen LogP contribution is -1.81. The maximum atomic E-state index is 8.28. The van der Waals surface area contributed by atoms with E-state index in [0.29, 0.717) is 5.70 Å². The molecule has 4 heteroatoms. The summed E-state index contributed by atoms with van der Waals surface area (Å²) in [6, 6.07) is 0. The highest BCUT2D eigenvalue weighted by atomic mass is 16.3. The molecule has 37 valence electrons. The highest BCUT2D eigenvalue weighted by Gasteiger charge is 1.95. The first-order valence-electron chi connectivity index (χ1n) is 1.84. The molecule has 0 fully saturated rings. The SMILES string of the molecule is OCC1=C[N]N=N1. The first kappa shape index (κ1) is 4.26. The van der Waals surface area contributed by atoms with E-state index in [1.807, 2.05) is 0 Å². The van der Waals surface area contributed by atoms with Gasteiger partial charge < -0.3 is 5.11 Å². The molecule has 0 aromatic carbocycles. The first-order chi connectivity index (χ1) is 3.43. The van der Waals surface area contributed by atoms with Crippen molar-refractivity contribution in [1.29, 1.82) is 0 Å². The second-order valence-electron chi connectivity index (χ2n) is 1.08. The third-order valence-corrected chi connectivity index (χ3v) is 0.594. The largest absolute Gasteiger partial charge is 0.390 e. The Labute approximate surface area is 40.5 Å². The Morgan fingerprint density at radius 3 is 2.86 bits per heavy atom. The van der Waals surface area contributed by atoms with Crippen LogP contribution in [0.15, 0.2) is 22.2 Å². The van der Waals surface area contributed by atoms with Crippen molar-refractivity contribution in [3.05, 3.63) is 11.9 Å². The third-order valence-electron chi connectivity index (χ3n) is 0.594. The van der Waals surface area contributed by atoms with Gasteiger partial charge in [0, 0.05) is 0 Å². The molecule has 0 saturated carbocycles. The molecule has 1 aliphatic rings. The van der Waals surface area contributed by atoms with Crippen LogP contribution in [-0.2, 0) is 0 Å². The van der Waals surface area contributed by atoms with Crippen LogP contribution >= 0.6 is 0 Å². The predicted molar refractivity (Wildman–Crippen MR) is 22.2 cm³/mol. The van der Waals surface area contributed by atoms with Gasteiger partial charge in [0.25, 0.3) is 0 Å². The van der Waals surface area contributed by atoms with Crippen molar-refractivity contribution in [1.82, 2.24) is 5.43 Å². The Balaban J connectivity index is 2.52. The summed E-state index contributed by atoms with van der Waals surface area (Å²) < 4.78 is 0. The summed E-state index contributed by atoms with van der Waals surface area (Å²) in [5.41, 5.74) is 3.89. The number of rotatable bonds is 1. The van der Waals surface area contributed by atoms with E-state index in [9.17, 15) is 0 Å². The van der Waals surface area contributed by atoms with Gasteiger partial charge in [0.1, 0.15) is 5.70 Å². The zero-order valence-corrected chi connectivity index (χ0v) is 3.57. The van der Waals surface area contributed by atoms with Gasteiger partial charge in [-0.2, -0.15) is 0 Å². The molecule has 1 radical (unpaired) electrons. The Morgan fingerprint density at radius 2 is 2.57 bits per heavy atom. The van der Waals surface area contributed by atoms with Crippen molar-refractivity contribution in [3.8, 4) is 0 Å². The van der Waals surface area contributed by atoms with Crippen LogP contribution in [-0.4, -0.2) is 11.7 Å². The van der Waals surface area contributed by atoms with E-state index < -0.39 is 0 Å². The molecular formula is C3H4N3O. The van der Waals surface area contributed by atoms with E-state index in [1.165, 1.54) is 6.20 Å². The molecule has 1 N–H and O–H groups in total. The molecule has 1 heterocycles.